The van der Waals surface area contributed by atoms with Crippen LogP contribution in [-0.2, 0) is 6.42 Å². The zero-order valence-electron chi connectivity index (χ0n) is 10.1. The van der Waals surface area contributed by atoms with E-state index in [9.17, 15) is 18.3 Å². The molecule has 1 aromatic rings. The third-order valence-electron chi connectivity index (χ3n) is 3.60. The largest absolute Gasteiger partial charge is 0.392 e. The second kappa shape index (κ2) is 5.31. The Kier molecular flexibility index (Phi) is 3.95. The Labute approximate surface area is 105 Å². The highest BCUT2D eigenvalue weighted by molar-refractivity contribution is 5.33. The summed E-state index contributed by atoms with van der Waals surface area (Å²) in [5, 5.41) is 9.98. The van der Waals surface area contributed by atoms with Crippen molar-refractivity contribution in [3.8, 4) is 0 Å². The summed E-state index contributed by atoms with van der Waals surface area (Å²) in [6.45, 7) is 0. The van der Waals surface area contributed by atoms with Gasteiger partial charge in [-0.3, -0.25) is 0 Å². The molecule has 0 fully saturated rings. The van der Waals surface area contributed by atoms with Crippen molar-refractivity contribution < 1.29 is 18.3 Å². The molecule has 0 amide bonds. The lowest BCUT2D eigenvalue weighted by Crippen LogP contribution is -2.24. The van der Waals surface area contributed by atoms with E-state index in [0.29, 0.717) is 0 Å². The first-order valence-electron chi connectivity index (χ1n) is 6.30. The highest BCUT2D eigenvalue weighted by atomic mass is 19.4. The molecule has 100 valence electrons. The first kappa shape index (κ1) is 13.4. The first-order chi connectivity index (χ1) is 8.47. The molecule has 1 aliphatic carbocycles. The van der Waals surface area contributed by atoms with Gasteiger partial charge in [-0.15, -0.1) is 0 Å². The van der Waals surface area contributed by atoms with Gasteiger partial charge < -0.3 is 5.11 Å². The third-order valence-corrected chi connectivity index (χ3v) is 3.60. The van der Waals surface area contributed by atoms with E-state index in [1.165, 1.54) is 5.56 Å². The van der Waals surface area contributed by atoms with Gasteiger partial charge in [0.05, 0.1) is 6.10 Å². The topological polar surface area (TPSA) is 20.2 Å². The Morgan fingerprint density at radius 1 is 1.28 bits per heavy atom. The van der Waals surface area contributed by atoms with Crippen molar-refractivity contribution >= 4 is 0 Å². The average Bonchev–Trinajstić information content (AvgIpc) is 2.34. The fourth-order valence-corrected chi connectivity index (χ4v) is 2.70. The number of aliphatic hydroxyl groups is 1. The van der Waals surface area contributed by atoms with Crippen molar-refractivity contribution in [1.82, 2.24) is 0 Å². The second-order valence-corrected chi connectivity index (χ2v) is 4.92. The molecule has 0 heterocycles. The monoisotopic (exact) mass is 258 g/mol. The van der Waals surface area contributed by atoms with Gasteiger partial charge in [0.1, 0.15) is 0 Å². The lowest BCUT2D eigenvalue weighted by molar-refractivity contribution is -0.140. The van der Waals surface area contributed by atoms with Crippen LogP contribution in [0.2, 0.25) is 0 Å². The summed E-state index contributed by atoms with van der Waals surface area (Å²) in [5.41, 5.74) is 2.19. The predicted octanol–water partition coefficient (Wildman–Crippen LogP) is 3.81. The quantitative estimate of drug-likeness (QED) is 0.874. The van der Waals surface area contributed by atoms with Crippen molar-refractivity contribution in [1.29, 1.82) is 0 Å². The van der Waals surface area contributed by atoms with Crippen molar-refractivity contribution in [3.05, 3.63) is 35.4 Å². The third kappa shape index (κ3) is 3.25. The minimum Gasteiger partial charge on any atom is -0.392 e. The van der Waals surface area contributed by atoms with Crippen molar-refractivity contribution in [2.24, 2.45) is 0 Å². The minimum atomic E-state index is -4.19. The van der Waals surface area contributed by atoms with E-state index >= 15 is 0 Å². The first-order valence-corrected chi connectivity index (χ1v) is 6.30. The van der Waals surface area contributed by atoms with E-state index < -0.39 is 18.7 Å². The van der Waals surface area contributed by atoms with Gasteiger partial charge in [0.15, 0.2) is 0 Å². The molecule has 0 aliphatic heterocycles. The second-order valence-electron chi connectivity index (χ2n) is 4.92. The number of alkyl halides is 3. The molecule has 1 nitrogen and oxygen atoms in total. The number of hydrogen-bond acceptors (Lipinski definition) is 1. The Hall–Kier alpha value is -1.03. The minimum absolute atomic E-state index is 0.141. The molecule has 2 unspecified atom stereocenters. The molecule has 4 heteroatoms. The smallest absolute Gasteiger partial charge is 0.389 e. The van der Waals surface area contributed by atoms with E-state index in [1.807, 2.05) is 24.3 Å². The molecule has 2 atom stereocenters. The molecule has 2 rings (SSSR count). The summed E-state index contributed by atoms with van der Waals surface area (Å²) in [5.74, 6) is -0.141. The van der Waals surface area contributed by atoms with Crippen LogP contribution in [0.5, 0.6) is 0 Å². The SMILES string of the molecule is OC(CCC(F)(F)F)C1CCCc2ccccc21. The van der Waals surface area contributed by atoms with Gasteiger partial charge in [-0.05, 0) is 36.8 Å². The molecule has 0 saturated heterocycles. The van der Waals surface area contributed by atoms with Crippen LogP contribution < -0.4 is 0 Å². The van der Waals surface area contributed by atoms with E-state index in [1.54, 1.807) is 0 Å². The maximum atomic E-state index is 12.2. The Bertz CT molecular complexity index is 400. The fraction of sp³-hybridized carbons (Fsp3) is 0.571. The van der Waals surface area contributed by atoms with Crippen LogP contribution in [0.1, 0.15) is 42.7 Å². The Balaban J connectivity index is 2.06. The lowest BCUT2D eigenvalue weighted by Gasteiger charge is -2.29. The molecule has 18 heavy (non-hydrogen) atoms. The number of halogens is 3. The number of hydrogen-bond donors (Lipinski definition) is 1. The zero-order chi connectivity index (χ0) is 13.2. The molecule has 0 saturated carbocycles. The van der Waals surface area contributed by atoms with Crippen LogP contribution in [-0.4, -0.2) is 17.4 Å². The van der Waals surface area contributed by atoms with Crippen LogP contribution in [0.15, 0.2) is 24.3 Å². The summed E-state index contributed by atoms with van der Waals surface area (Å²) in [6, 6.07) is 7.74. The van der Waals surface area contributed by atoms with Gasteiger partial charge >= 0.3 is 6.18 Å². The summed E-state index contributed by atoms with van der Waals surface area (Å²) in [7, 11) is 0. The van der Waals surface area contributed by atoms with Crippen LogP contribution in [0.4, 0.5) is 13.2 Å². The number of fused-ring (bicyclic) bond motifs is 1. The zero-order valence-corrected chi connectivity index (χ0v) is 10.1. The normalized spacial score (nSPS) is 21.4. The molecule has 1 N–H and O–H groups in total. The van der Waals surface area contributed by atoms with Gasteiger partial charge in [-0.25, -0.2) is 0 Å². The molecule has 1 aromatic carbocycles. The fourth-order valence-electron chi connectivity index (χ4n) is 2.70. The maximum absolute atomic E-state index is 12.2. The van der Waals surface area contributed by atoms with Crippen molar-refractivity contribution in [2.75, 3.05) is 0 Å². The van der Waals surface area contributed by atoms with E-state index in [4.69, 9.17) is 0 Å². The van der Waals surface area contributed by atoms with Crippen LogP contribution in [0, 0.1) is 0 Å². The number of rotatable bonds is 3. The predicted molar refractivity (Wildman–Crippen MR) is 63.4 cm³/mol. The van der Waals surface area contributed by atoms with Gasteiger partial charge in [0, 0.05) is 12.3 Å². The van der Waals surface area contributed by atoms with Gasteiger partial charge in [-0.1, -0.05) is 24.3 Å². The van der Waals surface area contributed by atoms with Crippen LogP contribution in [0.25, 0.3) is 0 Å². The van der Waals surface area contributed by atoms with Gasteiger partial charge in [0.25, 0.3) is 0 Å². The van der Waals surface area contributed by atoms with Crippen LogP contribution >= 0.6 is 0 Å². The molecule has 0 radical (unpaired) electrons. The van der Waals surface area contributed by atoms with E-state index in [2.05, 4.69) is 0 Å². The average molecular weight is 258 g/mol. The van der Waals surface area contributed by atoms with Crippen molar-refractivity contribution in [2.45, 2.75) is 50.3 Å². The number of aliphatic hydroxyl groups excluding tert-OH is 1. The Morgan fingerprint density at radius 2 is 2.00 bits per heavy atom. The van der Waals surface area contributed by atoms with Crippen molar-refractivity contribution in [3.63, 3.8) is 0 Å². The van der Waals surface area contributed by atoms with Gasteiger partial charge in [-0.2, -0.15) is 13.2 Å². The molecule has 0 aromatic heterocycles. The standard InChI is InChI=1S/C14H17F3O/c15-14(16,17)9-8-13(18)12-7-3-5-10-4-1-2-6-11(10)12/h1-2,4,6,12-13,18H,3,5,7-9H2. The molecular weight excluding hydrogens is 241 g/mol. The molecule has 1 aliphatic rings. The highest BCUT2D eigenvalue weighted by Crippen LogP contribution is 2.36. The lowest BCUT2D eigenvalue weighted by atomic mass is 9.79. The van der Waals surface area contributed by atoms with Gasteiger partial charge in [0.2, 0.25) is 0 Å². The molecular formula is C14H17F3O. The Morgan fingerprint density at radius 3 is 2.72 bits per heavy atom. The van der Waals surface area contributed by atoms with E-state index in [-0.39, 0.29) is 12.3 Å². The summed E-state index contributed by atoms with van der Waals surface area (Å²) >= 11 is 0. The maximum Gasteiger partial charge on any atom is 0.389 e. The summed E-state index contributed by atoms with van der Waals surface area (Å²) in [6.07, 6.45) is -3.53. The molecule has 0 bridgehead atoms. The van der Waals surface area contributed by atoms with Crippen LogP contribution in [0.3, 0.4) is 0 Å². The summed E-state index contributed by atoms with van der Waals surface area (Å²) < 4.78 is 36.5. The summed E-state index contributed by atoms with van der Waals surface area (Å²) in [4.78, 5) is 0. The number of benzene rings is 1. The highest BCUT2D eigenvalue weighted by Gasteiger charge is 2.32. The van der Waals surface area contributed by atoms with E-state index in [0.717, 1.165) is 24.8 Å². The number of aryl methyl sites for hydroxylation is 1. The molecule has 0 spiro atoms.